The molecule has 0 saturated carbocycles. The van der Waals surface area contributed by atoms with Crippen LogP contribution in [-0.4, -0.2) is 11.3 Å². The van der Waals surface area contributed by atoms with E-state index in [1.165, 1.54) is 103 Å². The predicted molar refractivity (Wildman–Crippen MR) is 244 cm³/mol. The SMILES string of the molecule is CC(C)(C)c1ccc(N2c3ccc4sc5ccccc5c4c3B3c4c(cc5ccccc5c42)-c2cccc4c5c6ccccc6oc5n3c24)c(-c2ccccc2)c1. The van der Waals surface area contributed by atoms with Gasteiger partial charge >= 0.3 is 6.85 Å². The quantitative estimate of drug-likeness (QED) is 0.164. The van der Waals surface area contributed by atoms with Crippen LogP contribution in [0.1, 0.15) is 26.3 Å². The lowest BCUT2D eigenvalue weighted by molar-refractivity contribution is 0.590. The fourth-order valence-electron chi connectivity index (χ4n) is 10.2. The first-order valence-electron chi connectivity index (χ1n) is 19.9. The van der Waals surface area contributed by atoms with Gasteiger partial charge in [0.2, 0.25) is 0 Å². The van der Waals surface area contributed by atoms with E-state index >= 15 is 0 Å². The first-order valence-corrected chi connectivity index (χ1v) is 20.7. The van der Waals surface area contributed by atoms with Crippen LogP contribution in [0.25, 0.3) is 86.2 Å². The van der Waals surface area contributed by atoms with Crippen molar-refractivity contribution in [1.82, 2.24) is 4.48 Å². The molecule has 57 heavy (non-hydrogen) atoms. The fourth-order valence-corrected chi connectivity index (χ4v) is 11.4. The van der Waals surface area contributed by atoms with Crippen molar-refractivity contribution < 1.29 is 4.42 Å². The number of nitrogens with zero attached hydrogens (tertiary/aromatic N) is 2. The first kappa shape index (κ1) is 31.6. The van der Waals surface area contributed by atoms with Gasteiger partial charge in [0, 0.05) is 47.9 Å². The van der Waals surface area contributed by atoms with Gasteiger partial charge in [0.1, 0.15) is 5.58 Å². The van der Waals surface area contributed by atoms with Crippen LogP contribution < -0.4 is 15.8 Å². The zero-order chi connectivity index (χ0) is 37.7. The summed E-state index contributed by atoms with van der Waals surface area (Å²) in [7, 11) is 0. The van der Waals surface area contributed by atoms with Gasteiger partial charge in [-0.05, 0) is 91.7 Å². The van der Waals surface area contributed by atoms with Crippen molar-refractivity contribution in [3.05, 3.63) is 163 Å². The minimum Gasteiger partial charge on any atom is -0.441 e. The highest BCUT2D eigenvalue weighted by molar-refractivity contribution is 7.26. The second kappa shape index (κ2) is 11.1. The molecule has 2 aliphatic rings. The van der Waals surface area contributed by atoms with Gasteiger partial charge in [-0.1, -0.05) is 136 Å². The molecule has 2 aliphatic heterocycles. The molecule has 5 heterocycles. The molecule has 0 radical (unpaired) electrons. The van der Waals surface area contributed by atoms with Crippen LogP contribution in [0.4, 0.5) is 17.1 Å². The number of rotatable bonds is 2. The van der Waals surface area contributed by atoms with Crippen molar-refractivity contribution >= 4 is 110 Å². The molecule has 268 valence electrons. The highest BCUT2D eigenvalue weighted by Crippen LogP contribution is 2.52. The second-order valence-corrected chi connectivity index (χ2v) is 17.9. The Kier molecular flexibility index (Phi) is 6.14. The van der Waals surface area contributed by atoms with E-state index < -0.39 is 0 Å². The summed E-state index contributed by atoms with van der Waals surface area (Å²) >= 11 is 1.89. The van der Waals surface area contributed by atoms with E-state index in [0.29, 0.717) is 0 Å². The molecule has 13 rings (SSSR count). The molecule has 5 heteroatoms. The second-order valence-electron chi connectivity index (χ2n) is 16.8. The molecule has 0 fully saturated rings. The monoisotopic (exact) mass is 746 g/mol. The average Bonchev–Trinajstić information content (AvgIpc) is 3.91. The van der Waals surface area contributed by atoms with Crippen molar-refractivity contribution in [3.63, 3.8) is 0 Å². The number of aromatic nitrogens is 1. The van der Waals surface area contributed by atoms with Crippen LogP contribution in [-0.2, 0) is 5.41 Å². The van der Waals surface area contributed by atoms with Crippen molar-refractivity contribution in [2.24, 2.45) is 0 Å². The summed E-state index contributed by atoms with van der Waals surface area (Å²) in [5.74, 6) is 0. The van der Waals surface area contributed by atoms with Crippen LogP contribution in [0, 0.1) is 0 Å². The molecular weight excluding hydrogens is 711 g/mol. The van der Waals surface area contributed by atoms with Crippen LogP contribution in [0.3, 0.4) is 0 Å². The standard InChI is InChI=1S/C52H35BN2OS/c1-52(2,3)32-24-25-40(38(29-32)30-14-5-4-6-15-30)54-41-26-27-44-46(36-19-10-12-23-43(36)57-44)48(41)53-47-39(28-31-16-7-8-17-33(31)50(47)54)34-20-13-21-37-45-35-18-9-11-22-42(35)56-51(45)55(53)49(34)37/h4-29H,1-3H3. The topological polar surface area (TPSA) is 21.3 Å². The minimum absolute atomic E-state index is 0.0191. The highest BCUT2D eigenvalue weighted by Gasteiger charge is 2.46. The summed E-state index contributed by atoms with van der Waals surface area (Å²) in [6.07, 6.45) is 0. The van der Waals surface area contributed by atoms with Gasteiger partial charge in [-0.2, -0.15) is 0 Å². The first-order chi connectivity index (χ1) is 27.9. The van der Waals surface area contributed by atoms with E-state index in [1.54, 1.807) is 0 Å². The van der Waals surface area contributed by atoms with E-state index in [4.69, 9.17) is 4.42 Å². The summed E-state index contributed by atoms with van der Waals surface area (Å²) in [6.45, 7) is 6.79. The Labute approximate surface area is 334 Å². The molecule has 0 N–H and O–H groups in total. The largest absolute Gasteiger partial charge is 0.441 e. The molecule has 3 nitrogen and oxygen atoms in total. The van der Waals surface area contributed by atoms with Gasteiger partial charge in [0.25, 0.3) is 0 Å². The van der Waals surface area contributed by atoms with Crippen molar-refractivity contribution in [2.45, 2.75) is 26.2 Å². The third-order valence-electron chi connectivity index (χ3n) is 12.7. The molecule has 0 amide bonds. The van der Waals surface area contributed by atoms with E-state index in [9.17, 15) is 0 Å². The lowest BCUT2D eigenvalue weighted by Crippen LogP contribution is -2.57. The van der Waals surface area contributed by atoms with Crippen molar-refractivity contribution in [2.75, 3.05) is 4.90 Å². The third-order valence-corrected chi connectivity index (χ3v) is 13.8. The minimum atomic E-state index is -0.142. The zero-order valence-corrected chi connectivity index (χ0v) is 32.6. The molecule has 0 aliphatic carbocycles. The van der Waals surface area contributed by atoms with E-state index in [1.807, 2.05) is 11.3 Å². The molecule has 3 aromatic heterocycles. The summed E-state index contributed by atoms with van der Waals surface area (Å²) in [6, 6.07) is 58.8. The van der Waals surface area contributed by atoms with Gasteiger partial charge in [0.15, 0.2) is 5.71 Å². The Morgan fingerprint density at radius 2 is 1.28 bits per heavy atom. The lowest BCUT2D eigenvalue weighted by atomic mass is 9.44. The maximum atomic E-state index is 7.03. The van der Waals surface area contributed by atoms with Gasteiger partial charge in [-0.15, -0.1) is 11.3 Å². The Morgan fingerprint density at radius 3 is 2.14 bits per heavy atom. The van der Waals surface area contributed by atoms with Gasteiger partial charge in [-0.3, -0.25) is 0 Å². The van der Waals surface area contributed by atoms with E-state index in [0.717, 1.165) is 16.7 Å². The molecular formula is C52H35BN2OS. The van der Waals surface area contributed by atoms with Crippen LogP contribution in [0.5, 0.6) is 0 Å². The van der Waals surface area contributed by atoms with Crippen molar-refractivity contribution in [3.8, 4) is 22.3 Å². The molecule has 0 spiro atoms. The Bertz CT molecular complexity index is 3530. The van der Waals surface area contributed by atoms with Crippen LogP contribution >= 0.6 is 11.3 Å². The van der Waals surface area contributed by atoms with Gasteiger partial charge < -0.3 is 13.8 Å². The number of furan rings is 1. The summed E-state index contributed by atoms with van der Waals surface area (Å²) in [4.78, 5) is 2.62. The Hall–Kier alpha value is -6.56. The normalized spacial score (nSPS) is 13.5. The summed E-state index contributed by atoms with van der Waals surface area (Å²) in [5.41, 5.74) is 15.6. The van der Waals surface area contributed by atoms with E-state index in [-0.39, 0.29) is 12.3 Å². The maximum Gasteiger partial charge on any atom is 0.336 e. The molecule has 0 atom stereocenters. The smallest absolute Gasteiger partial charge is 0.336 e. The molecule has 11 aromatic rings. The third kappa shape index (κ3) is 4.12. The average molecular weight is 747 g/mol. The molecule has 0 bridgehead atoms. The Balaban J connectivity index is 1.27. The fraction of sp³-hybridized carbons (Fsp3) is 0.0769. The number of para-hydroxylation sites is 2. The lowest BCUT2D eigenvalue weighted by Gasteiger charge is -2.42. The van der Waals surface area contributed by atoms with Crippen molar-refractivity contribution in [1.29, 1.82) is 0 Å². The Morgan fingerprint density at radius 1 is 0.544 bits per heavy atom. The number of hydrogen-bond acceptors (Lipinski definition) is 3. The molecule has 0 saturated heterocycles. The highest BCUT2D eigenvalue weighted by atomic mass is 32.1. The predicted octanol–water partition coefficient (Wildman–Crippen LogP) is 13.4. The molecule has 8 aromatic carbocycles. The number of thiophene rings is 1. The molecule has 0 unspecified atom stereocenters. The number of benzene rings is 8. The van der Waals surface area contributed by atoms with Crippen LogP contribution in [0.15, 0.2) is 162 Å². The number of fused-ring (bicyclic) bond motifs is 15. The number of hydrogen-bond donors (Lipinski definition) is 0. The summed E-state index contributed by atoms with van der Waals surface area (Å²) < 4.78 is 12.2. The van der Waals surface area contributed by atoms with Gasteiger partial charge in [0.05, 0.1) is 16.8 Å². The summed E-state index contributed by atoms with van der Waals surface area (Å²) in [5, 5.41) is 8.69. The number of anilines is 3. The zero-order valence-electron chi connectivity index (χ0n) is 31.8. The van der Waals surface area contributed by atoms with Gasteiger partial charge in [-0.25, -0.2) is 0 Å². The van der Waals surface area contributed by atoms with E-state index in [2.05, 4.69) is 188 Å². The maximum absolute atomic E-state index is 7.03. The van der Waals surface area contributed by atoms with Crippen LogP contribution in [0.2, 0.25) is 0 Å².